The molecule has 0 spiro atoms. The number of hydrogen-bond donors (Lipinski definition) is 2. The van der Waals surface area contributed by atoms with Crippen molar-refractivity contribution < 1.29 is 14.5 Å². The number of rotatable bonds is 5. The minimum absolute atomic E-state index is 0.00448. The van der Waals surface area contributed by atoms with Crippen LogP contribution in [-0.2, 0) is 0 Å². The molecule has 3 amide bonds. The molecule has 0 saturated carbocycles. The summed E-state index contributed by atoms with van der Waals surface area (Å²) in [6, 6.07) is 0.464. The third-order valence-electron chi connectivity index (χ3n) is 2.57. The Hall–Kier alpha value is -2.51. The molecule has 0 unspecified atom stereocenters. The Bertz CT molecular complexity index is 530. The Morgan fingerprint density at radius 1 is 1.45 bits per heavy atom. The van der Waals surface area contributed by atoms with E-state index in [-0.39, 0.29) is 11.3 Å². The van der Waals surface area contributed by atoms with Crippen LogP contribution in [0.5, 0.6) is 0 Å². The summed E-state index contributed by atoms with van der Waals surface area (Å²) in [5.74, 6) is -0.715. The summed E-state index contributed by atoms with van der Waals surface area (Å²) >= 11 is 0. The first-order valence-electron chi connectivity index (χ1n) is 6.16. The van der Waals surface area contributed by atoms with E-state index in [2.05, 4.69) is 15.6 Å². The van der Waals surface area contributed by atoms with Gasteiger partial charge in [0, 0.05) is 12.6 Å². The van der Waals surface area contributed by atoms with E-state index in [1.54, 1.807) is 0 Å². The van der Waals surface area contributed by atoms with Crippen molar-refractivity contribution in [2.75, 3.05) is 6.54 Å². The number of amides is 3. The predicted molar refractivity (Wildman–Crippen MR) is 71.4 cm³/mol. The quantitative estimate of drug-likeness (QED) is 0.482. The minimum Gasteiger partial charge on any atom is -0.338 e. The van der Waals surface area contributed by atoms with Gasteiger partial charge in [-0.25, -0.2) is 4.79 Å². The number of nitrogens with one attached hydrogen (secondary N) is 2. The first kappa shape index (κ1) is 15.5. The molecule has 1 heterocycles. The maximum Gasteiger partial charge on any atom is 0.321 e. The normalized spacial score (nSPS) is 9.90. The van der Waals surface area contributed by atoms with Crippen molar-refractivity contribution in [2.24, 2.45) is 0 Å². The van der Waals surface area contributed by atoms with Gasteiger partial charge in [-0.2, -0.15) is 0 Å². The van der Waals surface area contributed by atoms with Gasteiger partial charge in [-0.05, 0) is 13.3 Å². The van der Waals surface area contributed by atoms with Gasteiger partial charge in [0.2, 0.25) is 0 Å². The molecule has 8 nitrogen and oxygen atoms in total. The molecule has 0 radical (unpaired) electrons. The molecule has 0 atom stereocenters. The highest BCUT2D eigenvalue weighted by atomic mass is 16.6. The van der Waals surface area contributed by atoms with Gasteiger partial charge >= 0.3 is 6.03 Å². The van der Waals surface area contributed by atoms with Crippen LogP contribution in [0.1, 0.15) is 35.8 Å². The zero-order valence-corrected chi connectivity index (χ0v) is 11.3. The zero-order valence-electron chi connectivity index (χ0n) is 11.3. The van der Waals surface area contributed by atoms with Crippen molar-refractivity contribution in [2.45, 2.75) is 26.7 Å². The maximum atomic E-state index is 11.8. The van der Waals surface area contributed by atoms with Crippen LogP contribution in [0.15, 0.2) is 12.3 Å². The Morgan fingerprint density at radius 2 is 2.15 bits per heavy atom. The number of imide groups is 1. The van der Waals surface area contributed by atoms with Gasteiger partial charge in [-0.15, -0.1) is 0 Å². The van der Waals surface area contributed by atoms with Crippen LogP contribution in [0.3, 0.4) is 0 Å². The van der Waals surface area contributed by atoms with Crippen molar-refractivity contribution in [3.63, 3.8) is 0 Å². The molecule has 0 fully saturated rings. The molecule has 0 aliphatic heterocycles. The second-order valence-corrected chi connectivity index (χ2v) is 4.15. The van der Waals surface area contributed by atoms with Crippen LogP contribution >= 0.6 is 0 Å². The lowest BCUT2D eigenvalue weighted by Crippen LogP contribution is -2.40. The highest BCUT2D eigenvalue weighted by Gasteiger charge is 2.17. The highest BCUT2D eigenvalue weighted by molar-refractivity contribution is 6.05. The topological polar surface area (TPSA) is 114 Å². The van der Waals surface area contributed by atoms with Crippen molar-refractivity contribution in [1.29, 1.82) is 0 Å². The fourth-order valence-corrected chi connectivity index (χ4v) is 1.45. The number of carbonyl (C=O) groups is 2. The van der Waals surface area contributed by atoms with Crippen molar-refractivity contribution in [3.8, 4) is 0 Å². The second kappa shape index (κ2) is 7.17. The number of hydrogen-bond acceptors (Lipinski definition) is 5. The van der Waals surface area contributed by atoms with Gasteiger partial charge in [0.05, 0.1) is 16.2 Å². The number of aromatic nitrogens is 1. The molecule has 1 rings (SSSR count). The first-order valence-corrected chi connectivity index (χ1v) is 6.16. The van der Waals surface area contributed by atoms with E-state index < -0.39 is 16.9 Å². The Morgan fingerprint density at radius 3 is 2.75 bits per heavy atom. The maximum absolute atomic E-state index is 11.8. The molecule has 0 saturated heterocycles. The van der Waals surface area contributed by atoms with Crippen LogP contribution in [0, 0.1) is 17.0 Å². The van der Waals surface area contributed by atoms with Gasteiger partial charge in [-0.1, -0.05) is 13.3 Å². The average Bonchev–Trinajstić information content (AvgIpc) is 2.39. The summed E-state index contributed by atoms with van der Waals surface area (Å²) in [7, 11) is 0. The molecule has 1 aromatic rings. The Labute approximate surface area is 115 Å². The van der Waals surface area contributed by atoms with Crippen molar-refractivity contribution in [1.82, 2.24) is 15.6 Å². The van der Waals surface area contributed by atoms with E-state index in [0.29, 0.717) is 12.2 Å². The Balaban J connectivity index is 2.74. The molecule has 8 heteroatoms. The molecule has 2 N–H and O–H groups in total. The van der Waals surface area contributed by atoms with E-state index in [1.807, 2.05) is 6.92 Å². The number of nitro groups is 1. The third kappa shape index (κ3) is 4.30. The molecule has 0 aliphatic rings. The highest BCUT2D eigenvalue weighted by Crippen LogP contribution is 2.14. The lowest BCUT2D eigenvalue weighted by molar-refractivity contribution is -0.385. The number of urea groups is 1. The first-order chi connectivity index (χ1) is 9.45. The van der Waals surface area contributed by atoms with Crippen LogP contribution in [0.2, 0.25) is 0 Å². The van der Waals surface area contributed by atoms with E-state index in [1.165, 1.54) is 6.92 Å². The SMILES string of the molecule is CCCCNC(=O)NC(=O)c1cc([N+](=O)[O-])cnc1C. The summed E-state index contributed by atoms with van der Waals surface area (Å²) in [5.41, 5.74) is 0.0199. The van der Waals surface area contributed by atoms with Gasteiger partial charge < -0.3 is 5.32 Å². The number of aryl methyl sites for hydroxylation is 1. The number of nitrogens with zero attached hydrogens (tertiary/aromatic N) is 2. The standard InChI is InChI=1S/C12H16N4O4/c1-3-4-5-13-12(18)15-11(17)10-6-9(16(19)20)7-14-8(10)2/h6-7H,3-5H2,1-2H3,(H2,13,15,17,18). The van der Waals surface area contributed by atoms with E-state index in [9.17, 15) is 19.7 Å². The van der Waals surface area contributed by atoms with Gasteiger partial charge in [0.1, 0.15) is 6.20 Å². The number of unbranched alkanes of at least 4 members (excludes halogenated alkanes) is 1. The monoisotopic (exact) mass is 280 g/mol. The molecule has 0 aliphatic carbocycles. The summed E-state index contributed by atoms with van der Waals surface area (Å²) < 4.78 is 0. The molecular formula is C12H16N4O4. The molecule has 108 valence electrons. The van der Waals surface area contributed by atoms with E-state index in [0.717, 1.165) is 25.1 Å². The largest absolute Gasteiger partial charge is 0.338 e. The lowest BCUT2D eigenvalue weighted by Gasteiger charge is -2.07. The molecule has 0 bridgehead atoms. The summed E-state index contributed by atoms with van der Waals surface area (Å²) in [6.45, 7) is 3.97. The van der Waals surface area contributed by atoms with Gasteiger partial charge in [0.15, 0.2) is 0 Å². The van der Waals surface area contributed by atoms with Crippen LogP contribution in [0.25, 0.3) is 0 Å². The van der Waals surface area contributed by atoms with Crippen LogP contribution < -0.4 is 10.6 Å². The fraction of sp³-hybridized carbons (Fsp3) is 0.417. The third-order valence-corrected chi connectivity index (χ3v) is 2.57. The number of carbonyl (C=O) groups excluding carboxylic acids is 2. The number of pyridine rings is 1. The lowest BCUT2D eigenvalue weighted by atomic mass is 10.2. The predicted octanol–water partition coefficient (Wildman–Crippen LogP) is 1.54. The van der Waals surface area contributed by atoms with Crippen LogP contribution in [0.4, 0.5) is 10.5 Å². The zero-order chi connectivity index (χ0) is 15.1. The smallest absolute Gasteiger partial charge is 0.321 e. The van der Waals surface area contributed by atoms with E-state index >= 15 is 0 Å². The molecule has 0 aromatic carbocycles. The van der Waals surface area contributed by atoms with Crippen molar-refractivity contribution >= 4 is 17.6 Å². The average molecular weight is 280 g/mol. The van der Waals surface area contributed by atoms with Gasteiger partial charge in [-0.3, -0.25) is 25.2 Å². The van der Waals surface area contributed by atoms with Crippen molar-refractivity contribution in [3.05, 3.63) is 33.6 Å². The Kier molecular flexibility index (Phi) is 5.57. The fourth-order valence-electron chi connectivity index (χ4n) is 1.45. The van der Waals surface area contributed by atoms with E-state index in [4.69, 9.17) is 0 Å². The van der Waals surface area contributed by atoms with Gasteiger partial charge in [0.25, 0.3) is 11.6 Å². The molecule has 20 heavy (non-hydrogen) atoms. The molecular weight excluding hydrogens is 264 g/mol. The summed E-state index contributed by atoms with van der Waals surface area (Å²) in [5, 5.41) is 15.3. The summed E-state index contributed by atoms with van der Waals surface area (Å²) in [4.78, 5) is 37.0. The summed E-state index contributed by atoms with van der Waals surface area (Å²) in [6.07, 6.45) is 2.79. The molecule has 1 aromatic heterocycles. The van der Waals surface area contributed by atoms with Crippen LogP contribution in [-0.4, -0.2) is 28.4 Å². The minimum atomic E-state index is -0.715. The second-order valence-electron chi connectivity index (χ2n) is 4.15.